The van der Waals surface area contributed by atoms with Gasteiger partial charge in [0.15, 0.2) is 0 Å². The molecule has 0 saturated carbocycles. The van der Waals surface area contributed by atoms with Gasteiger partial charge in [0.05, 0.1) is 12.0 Å². The summed E-state index contributed by atoms with van der Waals surface area (Å²) in [4.78, 5) is 6.68. The van der Waals surface area contributed by atoms with Gasteiger partial charge in [-0.15, -0.1) is 0 Å². The van der Waals surface area contributed by atoms with Crippen molar-refractivity contribution in [3.8, 4) is 0 Å². The van der Waals surface area contributed by atoms with Crippen LogP contribution in [0.5, 0.6) is 0 Å². The fourth-order valence-corrected chi connectivity index (χ4v) is 2.42. The number of imidazole rings is 1. The standard InChI is InChI=1S/C13H24N4/c1-11(2)15-7-13-6-14-10-17(13)9-12-4-5-16(3)8-12/h6,10-12,15H,4-5,7-9H2,1-3H3. The lowest BCUT2D eigenvalue weighted by Gasteiger charge is -2.15. The van der Waals surface area contributed by atoms with Gasteiger partial charge in [-0.05, 0) is 25.9 Å². The van der Waals surface area contributed by atoms with Gasteiger partial charge in [0, 0.05) is 31.9 Å². The molecule has 0 aromatic carbocycles. The molecule has 1 atom stereocenters. The molecule has 0 radical (unpaired) electrons. The maximum atomic E-state index is 4.27. The van der Waals surface area contributed by atoms with E-state index in [9.17, 15) is 0 Å². The van der Waals surface area contributed by atoms with E-state index < -0.39 is 0 Å². The lowest BCUT2D eigenvalue weighted by molar-refractivity contribution is 0.375. The van der Waals surface area contributed by atoms with Crippen LogP contribution in [0.15, 0.2) is 12.5 Å². The number of nitrogens with zero attached hydrogens (tertiary/aromatic N) is 3. The Morgan fingerprint density at radius 1 is 1.53 bits per heavy atom. The Bertz CT molecular complexity index is 345. The van der Waals surface area contributed by atoms with E-state index in [2.05, 4.69) is 40.7 Å². The first-order chi connectivity index (χ1) is 8.15. The first-order valence-electron chi connectivity index (χ1n) is 6.56. The van der Waals surface area contributed by atoms with Crippen LogP contribution < -0.4 is 5.32 Å². The maximum absolute atomic E-state index is 4.27. The molecule has 17 heavy (non-hydrogen) atoms. The molecule has 4 heteroatoms. The molecule has 1 N–H and O–H groups in total. The van der Waals surface area contributed by atoms with Crippen molar-refractivity contribution in [3.63, 3.8) is 0 Å². The average Bonchev–Trinajstić information content (AvgIpc) is 2.86. The SMILES string of the molecule is CC(C)NCc1cncn1CC1CCN(C)C1. The highest BCUT2D eigenvalue weighted by atomic mass is 15.1. The zero-order chi connectivity index (χ0) is 12.3. The number of rotatable bonds is 5. The third kappa shape index (κ3) is 3.54. The highest BCUT2D eigenvalue weighted by Crippen LogP contribution is 2.17. The lowest BCUT2D eigenvalue weighted by atomic mass is 10.1. The van der Waals surface area contributed by atoms with E-state index in [1.807, 2.05) is 12.5 Å². The monoisotopic (exact) mass is 236 g/mol. The van der Waals surface area contributed by atoms with E-state index in [1.54, 1.807) is 0 Å². The van der Waals surface area contributed by atoms with Crippen LogP contribution in [0.4, 0.5) is 0 Å². The molecule has 1 fully saturated rings. The minimum Gasteiger partial charge on any atom is -0.333 e. The number of nitrogens with one attached hydrogen (secondary N) is 1. The predicted molar refractivity (Wildman–Crippen MR) is 69.8 cm³/mol. The molecule has 2 heterocycles. The number of hydrogen-bond donors (Lipinski definition) is 1. The molecule has 96 valence electrons. The molecule has 0 amide bonds. The summed E-state index contributed by atoms with van der Waals surface area (Å²) in [6, 6.07) is 0.524. The Balaban J connectivity index is 1.89. The normalized spacial score (nSPS) is 21.5. The van der Waals surface area contributed by atoms with Gasteiger partial charge in [-0.25, -0.2) is 4.98 Å². The van der Waals surface area contributed by atoms with Crippen molar-refractivity contribution in [2.45, 2.75) is 39.4 Å². The van der Waals surface area contributed by atoms with Crippen molar-refractivity contribution < 1.29 is 0 Å². The molecule has 1 aromatic rings. The van der Waals surface area contributed by atoms with E-state index in [0.29, 0.717) is 6.04 Å². The molecule has 1 aliphatic heterocycles. The van der Waals surface area contributed by atoms with Crippen LogP contribution in [-0.2, 0) is 13.1 Å². The van der Waals surface area contributed by atoms with E-state index in [1.165, 1.54) is 25.2 Å². The minimum absolute atomic E-state index is 0.524. The average molecular weight is 236 g/mol. The van der Waals surface area contributed by atoms with Crippen LogP contribution in [0, 0.1) is 5.92 Å². The Labute approximate surface area is 104 Å². The summed E-state index contributed by atoms with van der Waals surface area (Å²) in [5.41, 5.74) is 1.30. The fraction of sp³-hybridized carbons (Fsp3) is 0.769. The predicted octanol–water partition coefficient (Wildman–Crippen LogP) is 1.33. The summed E-state index contributed by atoms with van der Waals surface area (Å²) in [6.45, 7) is 8.83. The van der Waals surface area contributed by atoms with Gasteiger partial charge in [-0.1, -0.05) is 13.8 Å². The smallest absolute Gasteiger partial charge is 0.0948 e. The van der Waals surface area contributed by atoms with Gasteiger partial charge >= 0.3 is 0 Å². The third-order valence-corrected chi connectivity index (χ3v) is 3.43. The molecular formula is C13H24N4. The van der Waals surface area contributed by atoms with Crippen LogP contribution in [-0.4, -0.2) is 40.6 Å². The Morgan fingerprint density at radius 2 is 2.35 bits per heavy atom. The van der Waals surface area contributed by atoms with Gasteiger partial charge in [-0.3, -0.25) is 0 Å². The fourth-order valence-electron chi connectivity index (χ4n) is 2.42. The zero-order valence-corrected chi connectivity index (χ0v) is 11.2. The third-order valence-electron chi connectivity index (χ3n) is 3.43. The summed E-state index contributed by atoms with van der Waals surface area (Å²) in [5.74, 6) is 0.784. The second kappa shape index (κ2) is 5.65. The summed E-state index contributed by atoms with van der Waals surface area (Å²) < 4.78 is 2.30. The highest BCUT2D eigenvalue weighted by Gasteiger charge is 2.20. The first kappa shape index (κ1) is 12.6. The summed E-state index contributed by atoms with van der Waals surface area (Å²) >= 11 is 0. The summed E-state index contributed by atoms with van der Waals surface area (Å²) in [7, 11) is 2.20. The molecule has 1 saturated heterocycles. The van der Waals surface area contributed by atoms with Gasteiger partial charge in [0.25, 0.3) is 0 Å². The number of hydrogen-bond acceptors (Lipinski definition) is 3. The Morgan fingerprint density at radius 3 is 3.00 bits per heavy atom. The van der Waals surface area contributed by atoms with Gasteiger partial charge in [0.1, 0.15) is 0 Å². The van der Waals surface area contributed by atoms with E-state index in [4.69, 9.17) is 0 Å². The van der Waals surface area contributed by atoms with Crippen LogP contribution in [0.1, 0.15) is 26.0 Å². The molecule has 1 aromatic heterocycles. The van der Waals surface area contributed by atoms with Crippen LogP contribution in [0.25, 0.3) is 0 Å². The second-order valence-corrected chi connectivity index (χ2v) is 5.49. The zero-order valence-electron chi connectivity index (χ0n) is 11.2. The van der Waals surface area contributed by atoms with Gasteiger partial charge in [-0.2, -0.15) is 0 Å². The van der Waals surface area contributed by atoms with Crippen molar-refractivity contribution in [2.75, 3.05) is 20.1 Å². The summed E-state index contributed by atoms with van der Waals surface area (Å²) in [6.07, 6.45) is 5.26. The van der Waals surface area contributed by atoms with Crippen molar-refractivity contribution in [2.24, 2.45) is 5.92 Å². The molecule has 4 nitrogen and oxygen atoms in total. The minimum atomic E-state index is 0.524. The molecule has 0 aliphatic carbocycles. The summed E-state index contributed by atoms with van der Waals surface area (Å²) in [5, 5.41) is 3.45. The maximum Gasteiger partial charge on any atom is 0.0948 e. The molecule has 0 bridgehead atoms. The number of aromatic nitrogens is 2. The van der Waals surface area contributed by atoms with E-state index >= 15 is 0 Å². The van der Waals surface area contributed by atoms with Crippen molar-refractivity contribution in [3.05, 3.63) is 18.2 Å². The first-order valence-corrected chi connectivity index (χ1v) is 6.56. The molecular weight excluding hydrogens is 212 g/mol. The lowest BCUT2D eigenvalue weighted by Crippen LogP contribution is -2.24. The highest BCUT2D eigenvalue weighted by molar-refractivity contribution is 4.98. The largest absolute Gasteiger partial charge is 0.333 e. The molecule has 1 aliphatic rings. The number of likely N-dealkylation sites (tertiary alicyclic amines) is 1. The van der Waals surface area contributed by atoms with Crippen LogP contribution >= 0.6 is 0 Å². The van der Waals surface area contributed by atoms with Gasteiger partial charge < -0.3 is 14.8 Å². The van der Waals surface area contributed by atoms with E-state index in [0.717, 1.165) is 19.0 Å². The van der Waals surface area contributed by atoms with Crippen molar-refractivity contribution >= 4 is 0 Å². The van der Waals surface area contributed by atoms with E-state index in [-0.39, 0.29) is 0 Å². The Kier molecular flexibility index (Phi) is 4.18. The van der Waals surface area contributed by atoms with Gasteiger partial charge in [0.2, 0.25) is 0 Å². The van der Waals surface area contributed by atoms with Crippen molar-refractivity contribution in [1.82, 2.24) is 19.8 Å². The molecule has 0 spiro atoms. The van der Waals surface area contributed by atoms with Crippen molar-refractivity contribution in [1.29, 1.82) is 0 Å². The van der Waals surface area contributed by atoms with Crippen LogP contribution in [0.2, 0.25) is 0 Å². The second-order valence-electron chi connectivity index (χ2n) is 5.49. The quantitative estimate of drug-likeness (QED) is 0.837. The molecule has 1 unspecified atom stereocenters. The topological polar surface area (TPSA) is 33.1 Å². The molecule has 2 rings (SSSR count). The van der Waals surface area contributed by atoms with Crippen LogP contribution in [0.3, 0.4) is 0 Å². The Hall–Kier alpha value is -0.870.